The molecule has 1 unspecified atom stereocenters. The number of hydrogen-bond donors (Lipinski definition) is 2. The van der Waals surface area contributed by atoms with Crippen molar-refractivity contribution in [2.75, 3.05) is 0 Å². The molecular formula is C26H36O6. The third-order valence-corrected chi connectivity index (χ3v) is 10.3. The molecule has 4 saturated carbocycles. The van der Waals surface area contributed by atoms with E-state index in [0.29, 0.717) is 18.3 Å². The largest absolute Gasteiger partial charge is 0.463 e. The van der Waals surface area contributed by atoms with E-state index in [9.17, 15) is 19.8 Å². The Labute approximate surface area is 189 Å². The Morgan fingerprint density at radius 1 is 1.09 bits per heavy atom. The summed E-state index contributed by atoms with van der Waals surface area (Å²) in [4.78, 5) is 23.0. The van der Waals surface area contributed by atoms with E-state index in [2.05, 4.69) is 13.8 Å². The predicted octanol–water partition coefficient (Wildman–Crippen LogP) is 3.78. The second kappa shape index (κ2) is 7.42. The molecule has 1 aromatic rings. The summed E-state index contributed by atoms with van der Waals surface area (Å²) in [5.41, 5.74) is -1.02. The Bertz CT molecular complexity index is 935. The van der Waals surface area contributed by atoms with E-state index >= 15 is 0 Å². The van der Waals surface area contributed by atoms with Gasteiger partial charge in [0.25, 0.3) is 0 Å². The Kier molecular flexibility index (Phi) is 5.14. The zero-order chi connectivity index (χ0) is 22.9. The first kappa shape index (κ1) is 22.1. The molecule has 1 aromatic heterocycles. The maximum atomic E-state index is 12.3. The number of carbonyl (C=O) groups is 1. The minimum Gasteiger partial charge on any atom is -0.463 e. The fourth-order valence-corrected chi connectivity index (χ4v) is 8.65. The van der Waals surface area contributed by atoms with Gasteiger partial charge in [0, 0.05) is 18.4 Å². The van der Waals surface area contributed by atoms with Crippen LogP contribution >= 0.6 is 0 Å². The van der Waals surface area contributed by atoms with Crippen molar-refractivity contribution in [1.29, 1.82) is 0 Å². The molecule has 9 atom stereocenters. The van der Waals surface area contributed by atoms with Crippen LogP contribution in [0.2, 0.25) is 0 Å². The summed E-state index contributed by atoms with van der Waals surface area (Å²) in [5, 5.41) is 23.6. The summed E-state index contributed by atoms with van der Waals surface area (Å²) in [5.74, 6) is 0.626. The zero-order valence-corrected chi connectivity index (χ0v) is 19.4. The van der Waals surface area contributed by atoms with Crippen molar-refractivity contribution in [3.8, 4) is 0 Å². The number of aliphatic hydroxyl groups excluding tert-OH is 1. The molecule has 4 aliphatic carbocycles. The van der Waals surface area contributed by atoms with Crippen LogP contribution in [-0.4, -0.2) is 34.0 Å². The van der Waals surface area contributed by atoms with E-state index in [1.165, 1.54) is 19.3 Å². The zero-order valence-electron chi connectivity index (χ0n) is 19.4. The van der Waals surface area contributed by atoms with Crippen LogP contribution in [0.1, 0.15) is 83.6 Å². The smallest absolute Gasteiger partial charge is 0.335 e. The Hall–Kier alpha value is -1.66. The Balaban J connectivity index is 1.45. The summed E-state index contributed by atoms with van der Waals surface area (Å²) in [6.07, 6.45) is 7.72. The highest BCUT2D eigenvalue weighted by Gasteiger charge is 2.70. The minimum atomic E-state index is -1.16. The molecule has 4 aliphatic rings. The molecule has 0 bridgehead atoms. The maximum Gasteiger partial charge on any atom is 0.335 e. The monoisotopic (exact) mass is 444 g/mol. The van der Waals surface area contributed by atoms with Gasteiger partial charge in [0.15, 0.2) is 0 Å². The van der Waals surface area contributed by atoms with Crippen molar-refractivity contribution in [2.24, 2.45) is 28.6 Å². The summed E-state index contributed by atoms with van der Waals surface area (Å²) in [6, 6.07) is 3.22. The number of esters is 1. The van der Waals surface area contributed by atoms with Crippen molar-refractivity contribution >= 4 is 5.97 Å². The molecule has 6 nitrogen and oxygen atoms in total. The third-order valence-electron chi connectivity index (χ3n) is 10.3. The maximum absolute atomic E-state index is 12.3. The SMILES string of the molecule is CC(=O)O[C@H]1CC[C@@]2(C)[C@H](CCC3[C@@H]2CC[C@]2(C)[C@@H](c4ccc(=O)oc4)C[C@H](O)[C@]32O)C1. The lowest BCUT2D eigenvalue weighted by atomic mass is 9.43. The fourth-order valence-electron chi connectivity index (χ4n) is 8.65. The van der Waals surface area contributed by atoms with Crippen molar-refractivity contribution in [3.63, 3.8) is 0 Å². The summed E-state index contributed by atoms with van der Waals surface area (Å²) in [7, 11) is 0. The molecular weight excluding hydrogens is 408 g/mol. The van der Waals surface area contributed by atoms with E-state index < -0.39 is 17.1 Å². The molecule has 5 rings (SSSR count). The number of carbonyl (C=O) groups excluding carboxylic acids is 1. The van der Waals surface area contributed by atoms with Gasteiger partial charge in [0.05, 0.1) is 18.0 Å². The van der Waals surface area contributed by atoms with Crippen molar-refractivity contribution < 1.29 is 24.2 Å². The highest BCUT2D eigenvalue weighted by molar-refractivity contribution is 5.66. The molecule has 0 spiro atoms. The van der Waals surface area contributed by atoms with Crippen LogP contribution in [-0.2, 0) is 9.53 Å². The Morgan fingerprint density at radius 3 is 2.56 bits per heavy atom. The average molecular weight is 445 g/mol. The van der Waals surface area contributed by atoms with Crippen molar-refractivity contribution in [3.05, 3.63) is 34.4 Å². The van der Waals surface area contributed by atoms with E-state index in [4.69, 9.17) is 9.15 Å². The predicted molar refractivity (Wildman–Crippen MR) is 118 cm³/mol. The number of ether oxygens (including phenoxy) is 1. The van der Waals surface area contributed by atoms with Gasteiger partial charge in [0.1, 0.15) is 6.10 Å². The lowest BCUT2D eigenvalue weighted by molar-refractivity contribution is -0.234. The quantitative estimate of drug-likeness (QED) is 0.674. The van der Waals surface area contributed by atoms with Gasteiger partial charge in [-0.3, -0.25) is 4.79 Å². The molecule has 2 N–H and O–H groups in total. The summed E-state index contributed by atoms with van der Waals surface area (Å²) in [6.45, 7) is 5.98. The van der Waals surface area contributed by atoms with E-state index in [0.717, 1.165) is 50.5 Å². The lowest BCUT2D eigenvalue weighted by Crippen LogP contribution is -2.65. The van der Waals surface area contributed by atoms with Crippen LogP contribution in [0.4, 0.5) is 0 Å². The van der Waals surface area contributed by atoms with E-state index in [1.54, 1.807) is 6.07 Å². The summed E-state index contributed by atoms with van der Waals surface area (Å²) < 4.78 is 10.7. The second-order valence-electron chi connectivity index (χ2n) is 11.5. The lowest BCUT2D eigenvalue weighted by Gasteiger charge is -2.64. The molecule has 0 saturated heterocycles. The third kappa shape index (κ3) is 2.98. The molecule has 176 valence electrons. The van der Waals surface area contributed by atoms with Crippen LogP contribution in [0.3, 0.4) is 0 Å². The van der Waals surface area contributed by atoms with Gasteiger partial charge in [-0.1, -0.05) is 13.8 Å². The molecule has 1 heterocycles. The first-order chi connectivity index (χ1) is 15.1. The van der Waals surface area contributed by atoms with Crippen LogP contribution in [0.5, 0.6) is 0 Å². The van der Waals surface area contributed by atoms with Gasteiger partial charge < -0.3 is 19.4 Å². The van der Waals surface area contributed by atoms with E-state index in [1.807, 2.05) is 0 Å². The molecule has 0 aromatic carbocycles. The van der Waals surface area contributed by atoms with Crippen LogP contribution in [0.25, 0.3) is 0 Å². The van der Waals surface area contributed by atoms with Gasteiger partial charge in [0.2, 0.25) is 0 Å². The van der Waals surface area contributed by atoms with Crippen molar-refractivity contribution in [1.82, 2.24) is 0 Å². The number of hydrogen-bond acceptors (Lipinski definition) is 6. The van der Waals surface area contributed by atoms with Gasteiger partial charge in [-0.05, 0) is 92.1 Å². The van der Waals surface area contributed by atoms with Gasteiger partial charge in [-0.15, -0.1) is 0 Å². The van der Waals surface area contributed by atoms with Crippen molar-refractivity contribution in [2.45, 2.75) is 95.9 Å². The second-order valence-corrected chi connectivity index (χ2v) is 11.5. The first-order valence-electron chi connectivity index (χ1n) is 12.3. The van der Waals surface area contributed by atoms with E-state index in [-0.39, 0.29) is 34.9 Å². The topological polar surface area (TPSA) is 97.0 Å². The standard InChI is InChI=1S/C26H36O6/c1-15(27)32-18-8-10-24(2)17(12-18)5-6-20-19(24)9-11-25(3)21(13-22(28)26(20,25)30)16-4-7-23(29)31-14-16/h4,7,14,17-22,28,30H,5-6,8-13H2,1-3H3/t17-,18+,19+,20?,21-,22+,24+,25-,26-/m1/s1. The molecule has 4 fully saturated rings. The highest BCUT2D eigenvalue weighted by Crippen LogP contribution is 2.70. The van der Waals surface area contributed by atoms with Gasteiger partial charge >= 0.3 is 11.6 Å². The van der Waals surface area contributed by atoms with Gasteiger partial charge in [-0.2, -0.15) is 0 Å². The van der Waals surface area contributed by atoms with Crippen LogP contribution < -0.4 is 5.63 Å². The fraction of sp³-hybridized carbons (Fsp3) is 0.769. The highest BCUT2D eigenvalue weighted by atomic mass is 16.5. The average Bonchev–Trinajstić information content (AvgIpc) is 2.95. The molecule has 0 amide bonds. The van der Waals surface area contributed by atoms with Crippen LogP contribution in [0.15, 0.2) is 27.6 Å². The minimum absolute atomic E-state index is 0.00764. The number of rotatable bonds is 2. The molecule has 6 heteroatoms. The number of aliphatic hydroxyl groups is 2. The number of fused-ring (bicyclic) bond motifs is 5. The summed E-state index contributed by atoms with van der Waals surface area (Å²) >= 11 is 0. The molecule has 32 heavy (non-hydrogen) atoms. The normalized spacial score (nSPS) is 47.8. The van der Waals surface area contributed by atoms with Crippen LogP contribution in [0, 0.1) is 28.6 Å². The Morgan fingerprint density at radius 2 is 1.88 bits per heavy atom. The molecule has 0 radical (unpaired) electrons. The molecule has 0 aliphatic heterocycles. The first-order valence-corrected chi connectivity index (χ1v) is 12.3. The van der Waals surface area contributed by atoms with Gasteiger partial charge in [-0.25, -0.2) is 4.79 Å².